The van der Waals surface area contributed by atoms with E-state index in [1.165, 1.54) is 31.1 Å². The molecular weight excluding hydrogens is 702 g/mol. The predicted molar refractivity (Wildman–Crippen MR) is 194 cm³/mol. The molecule has 9 atom stereocenters. The van der Waals surface area contributed by atoms with Gasteiger partial charge in [0.2, 0.25) is 11.8 Å². The van der Waals surface area contributed by atoms with Crippen LogP contribution in [0.3, 0.4) is 0 Å². The molecule has 3 aliphatic heterocycles. The summed E-state index contributed by atoms with van der Waals surface area (Å²) in [6.45, 7) is 7.10. The largest absolute Gasteiger partial charge is 0.495 e. The van der Waals surface area contributed by atoms with Crippen molar-refractivity contribution in [3.63, 3.8) is 0 Å². The molecule has 1 aromatic carbocycles. The molecule has 3 aliphatic rings. The summed E-state index contributed by atoms with van der Waals surface area (Å²) in [7, 11) is 6.03. The number of methoxy groups -OCH3 is 2. The van der Waals surface area contributed by atoms with Crippen molar-refractivity contribution in [2.24, 2.45) is 11.8 Å². The molecule has 282 valence electrons. The number of hydrogen-bond acceptors (Lipinski definition) is 11. The highest BCUT2D eigenvalue weighted by molar-refractivity contribution is 7.80. The first kappa shape index (κ1) is 40.5. The van der Waals surface area contributed by atoms with Crippen LogP contribution in [0.2, 0.25) is 5.02 Å². The molecule has 0 radical (unpaired) electrons. The van der Waals surface area contributed by atoms with E-state index in [4.69, 9.17) is 35.3 Å². The van der Waals surface area contributed by atoms with Gasteiger partial charge in [-0.15, -0.1) is 0 Å². The SMILES string of the molecule is COc1cc2cc(c1Cl)N(C)C(=O)C[C@H](OC(=O)[C@H](C)N(C)C(=O)CCS)C1[C@@H](O[C@@H]1C)[C@H](C)[C@@H]1C[C@@](O)(NC(=O)O1)[C@H](OC)/C=C/C=C(\C)C2. The molecular formula is C36H50ClN3O10S. The van der Waals surface area contributed by atoms with Crippen LogP contribution in [0.1, 0.15) is 52.5 Å². The number of fused-ring (bicyclic) bond motifs is 5. The average molecular weight is 752 g/mol. The number of likely N-dealkylation sites (N-methyl/N-ethyl adjacent to an activating group) is 1. The Balaban J connectivity index is 1.80. The summed E-state index contributed by atoms with van der Waals surface area (Å²) in [4.78, 5) is 55.9. The van der Waals surface area contributed by atoms with Gasteiger partial charge in [0.1, 0.15) is 35.1 Å². The number of ether oxygens (including phenoxy) is 5. The second kappa shape index (κ2) is 17.0. The van der Waals surface area contributed by atoms with Crippen LogP contribution < -0.4 is 15.0 Å². The van der Waals surface area contributed by atoms with E-state index in [1.54, 1.807) is 45.2 Å². The van der Waals surface area contributed by atoms with Crippen LogP contribution in [0.5, 0.6) is 5.75 Å². The zero-order valence-electron chi connectivity index (χ0n) is 30.4. The molecule has 0 aromatic heterocycles. The molecule has 2 N–H and O–H groups in total. The molecule has 13 nitrogen and oxygen atoms in total. The van der Waals surface area contributed by atoms with Crippen molar-refractivity contribution in [1.82, 2.24) is 10.2 Å². The number of thiol groups is 1. The number of aliphatic hydroxyl groups is 1. The third-order valence-corrected chi connectivity index (χ3v) is 10.7. The van der Waals surface area contributed by atoms with E-state index in [0.29, 0.717) is 23.6 Å². The molecule has 2 saturated heterocycles. The summed E-state index contributed by atoms with van der Waals surface area (Å²) in [5.41, 5.74) is 0.328. The fourth-order valence-corrected chi connectivity index (χ4v) is 7.40. The summed E-state index contributed by atoms with van der Waals surface area (Å²) in [5.74, 6) is -1.74. The number of rotatable bonds is 7. The van der Waals surface area contributed by atoms with E-state index < -0.39 is 72.1 Å². The number of allylic oxidation sites excluding steroid dienone is 3. The maximum atomic E-state index is 14.1. The Hall–Kier alpha value is -3.30. The zero-order chi connectivity index (χ0) is 37.8. The summed E-state index contributed by atoms with van der Waals surface area (Å²) >= 11 is 10.9. The fourth-order valence-electron chi connectivity index (χ4n) is 6.89. The van der Waals surface area contributed by atoms with Crippen molar-refractivity contribution in [3.05, 3.63) is 46.5 Å². The summed E-state index contributed by atoms with van der Waals surface area (Å²) in [6, 6.07) is 2.64. The maximum absolute atomic E-state index is 14.1. The van der Waals surface area contributed by atoms with Crippen molar-refractivity contribution in [2.75, 3.05) is 39.0 Å². The highest BCUT2D eigenvalue weighted by Crippen LogP contribution is 2.43. The van der Waals surface area contributed by atoms with E-state index in [2.05, 4.69) is 17.9 Å². The Morgan fingerprint density at radius 2 is 1.96 bits per heavy atom. The minimum atomic E-state index is -1.82. The number of carbonyl (C=O) groups excluding carboxylic acids is 4. The Labute approximate surface area is 310 Å². The zero-order valence-corrected chi connectivity index (χ0v) is 32.0. The first-order chi connectivity index (χ1) is 24.0. The fraction of sp³-hybridized carbons (Fsp3) is 0.611. The van der Waals surface area contributed by atoms with Crippen LogP contribution in [0.15, 0.2) is 35.9 Å². The van der Waals surface area contributed by atoms with Crippen LogP contribution >= 0.6 is 24.2 Å². The Morgan fingerprint density at radius 3 is 2.59 bits per heavy atom. The average Bonchev–Trinajstić information content (AvgIpc) is 3.07. The predicted octanol–water partition coefficient (Wildman–Crippen LogP) is 4.08. The van der Waals surface area contributed by atoms with E-state index in [-0.39, 0.29) is 30.2 Å². The minimum Gasteiger partial charge on any atom is -0.495 e. The lowest BCUT2D eigenvalue weighted by atomic mass is 9.74. The molecule has 1 unspecified atom stereocenters. The number of esters is 1. The number of halogens is 1. The lowest BCUT2D eigenvalue weighted by molar-refractivity contribution is -0.249. The number of amides is 3. The second-order valence-electron chi connectivity index (χ2n) is 13.6. The van der Waals surface area contributed by atoms with Gasteiger partial charge in [0.05, 0.1) is 31.4 Å². The number of nitrogens with one attached hydrogen (secondary N) is 1. The van der Waals surface area contributed by atoms with Crippen LogP contribution in [0, 0.1) is 11.8 Å². The van der Waals surface area contributed by atoms with Gasteiger partial charge in [0.15, 0.2) is 5.72 Å². The van der Waals surface area contributed by atoms with Gasteiger partial charge in [-0.1, -0.05) is 42.3 Å². The third-order valence-electron chi connectivity index (χ3n) is 10.1. The normalized spacial score (nSPS) is 32.2. The van der Waals surface area contributed by atoms with Crippen molar-refractivity contribution >= 4 is 53.8 Å². The van der Waals surface area contributed by atoms with Gasteiger partial charge >= 0.3 is 12.1 Å². The summed E-state index contributed by atoms with van der Waals surface area (Å²) < 4.78 is 29.2. The van der Waals surface area contributed by atoms with Gasteiger partial charge in [-0.25, -0.2) is 9.59 Å². The standard InChI is InChI=1S/C36H50ClN3O10S/c1-19-10-9-11-28(47-8)36(45)18-27(50-35(44)38-36)20(2)33-31(22(4)48-33)25(49-34(43)21(3)39(5)29(41)12-13-51)17-30(42)40(6)24-15-23(14-19)16-26(46-7)32(24)37/h9-11,15-16,20-22,25,27-28,31,33,45,51H,12-14,17-18H2,1-8H3,(H,38,44)/b11-9+,19-10+/t20-,21+,22-,25+,27+,28-,31?,33+,36+/m1/s1. The smallest absolute Gasteiger partial charge is 0.409 e. The lowest BCUT2D eigenvalue weighted by Crippen LogP contribution is -2.66. The molecule has 4 rings (SSSR count). The number of alkyl carbamates (subject to hydrolysis) is 1. The first-order valence-corrected chi connectivity index (χ1v) is 18.0. The number of hydrogen-bond donors (Lipinski definition) is 3. The van der Waals surface area contributed by atoms with Crippen molar-refractivity contribution in [2.45, 2.75) is 95.7 Å². The molecule has 2 fully saturated rings. The molecule has 15 heteroatoms. The van der Waals surface area contributed by atoms with Crippen molar-refractivity contribution in [1.29, 1.82) is 0 Å². The summed E-state index contributed by atoms with van der Waals surface area (Å²) in [5, 5.41) is 14.5. The molecule has 3 amide bonds. The van der Waals surface area contributed by atoms with Gasteiger partial charge in [-0.2, -0.15) is 12.6 Å². The number of benzene rings is 1. The Bertz CT molecular complexity index is 1540. The molecule has 1 aromatic rings. The molecule has 0 aliphatic carbocycles. The van der Waals surface area contributed by atoms with E-state index in [1.807, 2.05) is 19.9 Å². The lowest BCUT2D eigenvalue weighted by Gasteiger charge is -2.52. The summed E-state index contributed by atoms with van der Waals surface area (Å²) in [6.07, 6.45) is 0.848. The highest BCUT2D eigenvalue weighted by atomic mass is 35.5. The first-order valence-electron chi connectivity index (χ1n) is 17.0. The number of anilines is 1. The second-order valence-corrected chi connectivity index (χ2v) is 14.4. The Morgan fingerprint density at radius 1 is 1.25 bits per heavy atom. The van der Waals surface area contributed by atoms with Crippen molar-refractivity contribution < 1.29 is 48.0 Å². The molecule has 0 saturated carbocycles. The van der Waals surface area contributed by atoms with Crippen LogP contribution in [-0.4, -0.2) is 110 Å². The van der Waals surface area contributed by atoms with Gasteiger partial charge in [0, 0.05) is 45.9 Å². The third kappa shape index (κ3) is 9.02. The van der Waals surface area contributed by atoms with Gasteiger partial charge in [0.25, 0.3) is 0 Å². The van der Waals surface area contributed by atoms with Gasteiger partial charge < -0.3 is 38.6 Å². The Kier molecular flexibility index (Phi) is 13.5. The topological polar surface area (TPSA) is 153 Å². The van der Waals surface area contributed by atoms with Crippen LogP contribution in [-0.2, 0) is 39.8 Å². The van der Waals surface area contributed by atoms with Gasteiger partial charge in [-0.05, 0) is 50.6 Å². The highest BCUT2D eigenvalue weighted by Gasteiger charge is 2.54. The number of carbonyl (C=O) groups is 4. The number of nitrogens with zero attached hydrogens (tertiary/aromatic N) is 2. The quantitative estimate of drug-likeness (QED) is 0.275. The molecule has 4 bridgehead atoms. The minimum absolute atomic E-state index is 0.0439. The monoisotopic (exact) mass is 751 g/mol. The van der Waals surface area contributed by atoms with Crippen molar-refractivity contribution in [3.8, 4) is 5.75 Å². The van der Waals surface area contributed by atoms with Crippen LogP contribution in [0.25, 0.3) is 0 Å². The maximum Gasteiger partial charge on any atom is 0.409 e. The van der Waals surface area contributed by atoms with Gasteiger partial charge in [-0.3, -0.25) is 14.9 Å². The van der Waals surface area contributed by atoms with E-state index >= 15 is 0 Å². The molecule has 3 heterocycles. The molecule has 51 heavy (non-hydrogen) atoms. The van der Waals surface area contributed by atoms with E-state index in [0.717, 1.165) is 11.1 Å². The van der Waals surface area contributed by atoms with Crippen LogP contribution in [0.4, 0.5) is 10.5 Å². The van der Waals surface area contributed by atoms with E-state index in [9.17, 15) is 24.3 Å². The molecule has 0 spiro atoms.